The summed E-state index contributed by atoms with van der Waals surface area (Å²) in [5.41, 5.74) is 0. The molecule has 5 heteroatoms. The number of para-hydroxylation sites is 2. The average molecular weight is 341 g/mol. The van der Waals surface area contributed by atoms with E-state index in [1.807, 2.05) is 24.3 Å². The summed E-state index contributed by atoms with van der Waals surface area (Å²) in [6.07, 6.45) is 3.92. The number of ether oxygens (including phenoxy) is 2. The Morgan fingerprint density at radius 3 is 2.61 bits per heavy atom. The first-order valence-corrected chi connectivity index (χ1v) is 8.66. The number of piperidine rings is 1. The van der Waals surface area contributed by atoms with E-state index in [0.717, 1.165) is 30.5 Å². The van der Waals surface area contributed by atoms with Crippen molar-refractivity contribution in [3.8, 4) is 11.5 Å². The number of benzene rings is 1. The zero-order valence-electron chi connectivity index (χ0n) is 14.0. The molecule has 0 saturated carbocycles. The van der Waals surface area contributed by atoms with Gasteiger partial charge in [0, 0.05) is 13.1 Å². The Labute approximate surface area is 145 Å². The maximum absolute atomic E-state index is 6.12. The van der Waals surface area contributed by atoms with Crippen LogP contribution in [0.15, 0.2) is 24.3 Å². The second kappa shape index (κ2) is 9.36. The Morgan fingerprint density at radius 2 is 1.87 bits per heavy atom. The van der Waals surface area contributed by atoms with Gasteiger partial charge in [-0.3, -0.25) is 4.90 Å². The molecule has 0 bridgehead atoms. The van der Waals surface area contributed by atoms with E-state index in [2.05, 4.69) is 17.1 Å². The maximum atomic E-state index is 6.12. The first-order valence-electron chi connectivity index (χ1n) is 8.66. The SMILES string of the molecule is CCCN(CC1CCNCC1)CC1COc2ccccc2O1.Cl. The van der Waals surface area contributed by atoms with Crippen LogP contribution in [0.25, 0.3) is 0 Å². The smallest absolute Gasteiger partial charge is 0.161 e. The molecule has 0 radical (unpaired) electrons. The largest absolute Gasteiger partial charge is 0.486 e. The number of rotatable bonds is 6. The molecule has 0 aliphatic carbocycles. The lowest BCUT2D eigenvalue weighted by molar-refractivity contribution is 0.0523. The second-order valence-corrected chi connectivity index (χ2v) is 6.45. The molecule has 1 fully saturated rings. The molecule has 0 amide bonds. The van der Waals surface area contributed by atoms with Crippen LogP contribution >= 0.6 is 12.4 Å². The molecule has 4 nitrogen and oxygen atoms in total. The van der Waals surface area contributed by atoms with Crippen molar-refractivity contribution in [1.82, 2.24) is 10.2 Å². The minimum Gasteiger partial charge on any atom is -0.486 e. The van der Waals surface area contributed by atoms with Gasteiger partial charge < -0.3 is 14.8 Å². The predicted octanol–water partition coefficient (Wildman–Crippen LogP) is 2.96. The summed E-state index contributed by atoms with van der Waals surface area (Å²) < 4.78 is 12.0. The number of nitrogens with one attached hydrogen (secondary N) is 1. The fraction of sp³-hybridized carbons (Fsp3) is 0.667. The van der Waals surface area contributed by atoms with Crippen LogP contribution in [0.4, 0.5) is 0 Å². The summed E-state index contributed by atoms with van der Waals surface area (Å²) in [7, 11) is 0. The van der Waals surface area contributed by atoms with E-state index in [1.54, 1.807) is 0 Å². The van der Waals surface area contributed by atoms with Crippen molar-refractivity contribution in [2.75, 3.05) is 39.3 Å². The van der Waals surface area contributed by atoms with Crippen molar-refractivity contribution < 1.29 is 9.47 Å². The van der Waals surface area contributed by atoms with Gasteiger partial charge in [0.1, 0.15) is 12.7 Å². The van der Waals surface area contributed by atoms with Gasteiger partial charge in [-0.2, -0.15) is 0 Å². The lowest BCUT2D eigenvalue weighted by atomic mass is 9.97. The Morgan fingerprint density at radius 1 is 1.13 bits per heavy atom. The molecule has 2 heterocycles. The van der Waals surface area contributed by atoms with E-state index < -0.39 is 0 Å². The third-order valence-electron chi connectivity index (χ3n) is 4.54. The molecule has 1 saturated heterocycles. The fourth-order valence-corrected chi connectivity index (χ4v) is 3.44. The van der Waals surface area contributed by atoms with Crippen LogP contribution in [-0.4, -0.2) is 50.3 Å². The van der Waals surface area contributed by atoms with E-state index in [4.69, 9.17) is 9.47 Å². The lowest BCUT2D eigenvalue weighted by Gasteiger charge is -2.34. The van der Waals surface area contributed by atoms with Gasteiger partial charge in [0.2, 0.25) is 0 Å². The molecule has 1 N–H and O–H groups in total. The zero-order chi connectivity index (χ0) is 15.2. The standard InChI is InChI=1S/C18H28N2O2.ClH/c1-2-11-20(12-15-7-9-19-10-8-15)13-16-14-21-17-5-3-4-6-18(17)22-16;/h3-6,15-16,19H,2,7-14H2,1H3;1H. The quantitative estimate of drug-likeness (QED) is 0.863. The minimum absolute atomic E-state index is 0. The third kappa shape index (κ3) is 5.27. The first kappa shape index (κ1) is 18.4. The molecule has 1 aromatic carbocycles. The Kier molecular flexibility index (Phi) is 7.47. The molecule has 3 rings (SSSR count). The van der Waals surface area contributed by atoms with E-state index in [-0.39, 0.29) is 18.5 Å². The highest BCUT2D eigenvalue weighted by atomic mass is 35.5. The number of hydrogen-bond donors (Lipinski definition) is 1. The zero-order valence-corrected chi connectivity index (χ0v) is 14.8. The number of fused-ring (bicyclic) bond motifs is 1. The average Bonchev–Trinajstić information content (AvgIpc) is 2.56. The summed E-state index contributed by atoms with van der Waals surface area (Å²) in [6.45, 7) is 8.54. The number of halogens is 1. The van der Waals surface area contributed by atoms with Crippen molar-refractivity contribution in [1.29, 1.82) is 0 Å². The summed E-state index contributed by atoms with van der Waals surface area (Å²) >= 11 is 0. The Balaban J connectivity index is 0.00000192. The highest BCUT2D eigenvalue weighted by Gasteiger charge is 2.24. The van der Waals surface area contributed by atoms with Crippen LogP contribution in [0.3, 0.4) is 0 Å². The molecule has 0 aromatic heterocycles. The molecule has 1 unspecified atom stereocenters. The molecule has 1 aromatic rings. The summed E-state index contributed by atoms with van der Waals surface area (Å²) in [4.78, 5) is 2.57. The third-order valence-corrected chi connectivity index (χ3v) is 4.54. The second-order valence-electron chi connectivity index (χ2n) is 6.45. The van der Waals surface area contributed by atoms with Gasteiger partial charge in [-0.1, -0.05) is 19.1 Å². The van der Waals surface area contributed by atoms with Gasteiger partial charge in [-0.05, 0) is 56.9 Å². The van der Waals surface area contributed by atoms with Crippen molar-refractivity contribution >= 4 is 12.4 Å². The highest BCUT2D eigenvalue weighted by Crippen LogP contribution is 2.31. The molecular formula is C18H29ClN2O2. The van der Waals surface area contributed by atoms with E-state index in [9.17, 15) is 0 Å². The first-order chi connectivity index (χ1) is 10.8. The topological polar surface area (TPSA) is 33.7 Å². The predicted molar refractivity (Wildman–Crippen MR) is 95.9 cm³/mol. The Bertz CT molecular complexity index is 466. The normalized spacial score (nSPS) is 21.0. The highest BCUT2D eigenvalue weighted by molar-refractivity contribution is 5.85. The van der Waals surface area contributed by atoms with Crippen LogP contribution in [-0.2, 0) is 0 Å². The summed E-state index contributed by atoms with van der Waals surface area (Å²) in [6, 6.07) is 7.97. The molecular weight excluding hydrogens is 312 g/mol. The van der Waals surface area contributed by atoms with Crippen LogP contribution < -0.4 is 14.8 Å². The Hall–Kier alpha value is -0.970. The summed E-state index contributed by atoms with van der Waals surface area (Å²) in [5, 5.41) is 3.45. The molecule has 2 aliphatic heterocycles. The maximum Gasteiger partial charge on any atom is 0.161 e. The van der Waals surface area contributed by atoms with Crippen molar-refractivity contribution in [3.63, 3.8) is 0 Å². The molecule has 23 heavy (non-hydrogen) atoms. The molecule has 0 spiro atoms. The monoisotopic (exact) mass is 340 g/mol. The van der Waals surface area contributed by atoms with Crippen LogP contribution in [0.1, 0.15) is 26.2 Å². The van der Waals surface area contributed by atoms with Crippen molar-refractivity contribution in [2.45, 2.75) is 32.3 Å². The van der Waals surface area contributed by atoms with Gasteiger partial charge in [0.05, 0.1) is 0 Å². The number of hydrogen-bond acceptors (Lipinski definition) is 4. The summed E-state index contributed by atoms with van der Waals surface area (Å²) in [5.74, 6) is 2.58. The van der Waals surface area contributed by atoms with E-state index in [1.165, 1.54) is 38.9 Å². The molecule has 1 atom stereocenters. The van der Waals surface area contributed by atoms with Gasteiger partial charge in [-0.15, -0.1) is 12.4 Å². The van der Waals surface area contributed by atoms with Crippen LogP contribution in [0.2, 0.25) is 0 Å². The van der Waals surface area contributed by atoms with Gasteiger partial charge in [-0.25, -0.2) is 0 Å². The van der Waals surface area contributed by atoms with E-state index in [0.29, 0.717) is 6.61 Å². The number of nitrogens with zero attached hydrogens (tertiary/aromatic N) is 1. The van der Waals surface area contributed by atoms with Crippen molar-refractivity contribution in [2.24, 2.45) is 5.92 Å². The van der Waals surface area contributed by atoms with E-state index >= 15 is 0 Å². The lowest BCUT2D eigenvalue weighted by Crippen LogP contribution is -2.44. The fourth-order valence-electron chi connectivity index (χ4n) is 3.44. The van der Waals surface area contributed by atoms with Gasteiger partial charge in [0.15, 0.2) is 11.5 Å². The molecule has 2 aliphatic rings. The van der Waals surface area contributed by atoms with Crippen LogP contribution in [0, 0.1) is 5.92 Å². The minimum atomic E-state index is 0. The van der Waals surface area contributed by atoms with Gasteiger partial charge >= 0.3 is 0 Å². The van der Waals surface area contributed by atoms with Crippen molar-refractivity contribution in [3.05, 3.63) is 24.3 Å². The van der Waals surface area contributed by atoms with Gasteiger partial charge in [0.25, 0.3) is 0 Å². The van der Waals surface area contributed by atoms with Crippen LogP contribution in [0.5, 0.6) is 11.5 Å². The molecule has 130 valence electrons.